The van der Waals surface area contributed by atoms with Crippen LogP contribution in [-0.2, 0) is 0 Å². The summed E-state index contributed by atoms with van der Waals surface area (Å²) in [7, 11) is 0. The van der Waals surface area contributed by atoms with Gasteiger partial charge in [0.25, 0.3) is 0 Å². The Morgan fingerprint density at radius 1 is 0.409 bits per heavy atom. The van der Waals surface area contributed by atoms with E-state index in [-0.39, 0.29) is 12.2 Å². The van der Waals surface area contributed by atoms with Crippen LogP contribution in [0.1, 0.15) is 0 Å². The molecular formula is C8H4F12Sb2. The first-order valence-corrected chi connectivity index (χ1v) is 21.7. The van der Waals surface area contributed by atoms with E-state index in [2.05, 4.69) is 0 Å². The van der Waals surface area contributed by atoms with Crippen LogP contribution < -0.4 is 0 Å². The van der Waals surface area contributed by atoms with Crippen LogP contribution >= 0.6 is 0 Å². The van der Waals surface area contributed by atoms with Gasteiger partial charge in [-0.05, 0) is 0 Å². The molecule has 0 atom stereocenters. The van der Waals surface area contributed by atoms with Gasteiger partial charge < -0.3 is 0 Å². The molecule has 0 radical (unpaired) electrons. The zero-order valence-corrected chi connectivity index (χ0v) is 14.8. The van der Waals surface area contributed by atoms with E-state index in [0.29, 0.717) is 0 Å². The Bertz CT molecular complexity index is 490. The predicted octanol–water partition coefficient (Wildman–Crippen LogP) is 4.57. The maximum atomic E-state index is 13.0. The number of hydrogen-bond acceptors (Lipinski definition) is 0. The van der Waals surface area contributed by atoms with Crippen LogP contribution in [0.25, 0.3) is 0 Å². The first kappa shape index (κ1) is 20.3. The van der Waals surface area contributed by atoms with Gasteiger partial charge in [-0.3, -0.25) is 0 Å². The molecule has 0 aromatic rings. The van der Waals surface area contributed by atoms with Crippen molar-refractivity contribution in [1.82, 2.24) is 0 Å². The van der Waals surface area contributed by atoms with E-state index in [1.807, 2.05) is 0 Å². The van der Waals surface area contributed by atoms with Crippen LogP contribution in [0.5, 0.6) is 0 Å². The Kier molecular flexibility index (Phi) is 4.98. The van der Waals surface area contributed by atoms with Gasteiger partial charge in [-0.15, -0.1) is 0 Å². The summed E-state index contributed by atoms with van der Waals surface area (Å²) in [6, 6.07) is 0. The second kappa shape index (κ2) is 5.39. The standard InChI is InChI=1S/C4H4.4CF3.2Sb/c1-3-4-2;4*2-1(3)4;;/h1-4H;;;;;;. The van der Waals surface area contributed by atoms with E-state index < -0.39 is 52.6 Å². The fourth-order valence-corrected chi connectivity index (χ4v) is 51.1. The Hall–Kier alpha value is 0.276. The maximum absolute atomic E-state index is 13.0. The molecule has 0 fully saturated rings. The summed E-state index contributed by atoms with van der Waals surface area (Å²) in [6.45, 7) is 0. The molecule has 0 spiro atoms. The fourth-order valence-electron chi connectivity index (χ4n) is 1.90. The van der Waals surface area contributed by atoms with Crippen molar-refractivity contribution in [1.29, 1.82) is 0 Å². The summed E-state index contributed by atoms with van der Waals surface area (Å²) >= 11 is -17.6. The van der Waals surface area contributed by atoms with Crippen LogP contribution in [0.3, 0.4) is 0 Å². The van der Waals surface area contributed by atoms with Gasteiger partial charge in [-0.1, -0.05) is 0 Å². The van der Waals surface area contributed by atoms with E-state index in [9.17, 15) is 52.7 Å². The fraction of sp³-hybridized carbons (Fsp3) is 0.500. The molecular weight excluding hydrogens is 568 g/mol. The van der Waals surface area contributed by atoms with Gasteiger partial charge in [0.2, 0.25) is 0 Å². The molecule has 0 bridgehead atoms. The minimum atomic E-state index is -8.82. The minimum absolute atomic E-state index is 0.0172. The van der Waals surface area contributed by atoms with Gasteiger partial charge in [0.15, 0.2) is 0 Å². The van der Waals surface area contributed by atoms with Crippen molar-refractivity contribution in [2.45, 2.75) is 16.5 Å². The van der Waals surface area contributed by atoms with Gasteiger partial charge in [-0.25, -0.2) is 0 Å². The Morgan fingerprint density at radius 3 is 0.727 bits per heavy atom. The summed E-state index contributed by atoms with van der Waals surface area (Å²) in [4.78, 5) is 0. The van der Waals surface area contributed by atoms with Crippen LogP contribution in [-0.4, -0.2) is 44.5 Å². The summed E-state index contributed by atoms with van der Waals surface area (Å²) < 4.78 is 128. The first-order valence-electron chi connectivity index (χ1n) is 4.88. The van der Waals surface area contributed by atoms with Crippen molar-refractivity contribution in [2.75, 3.05) is 0 Å². The molecule has 1 rings (SSSR count). The number of hydrogen-bond donors (Lipinski definition) is 0. The molecule has 130 valence electrons. The molecule has 1 heterocycles. The molecule has 0 N–H and O–H groups in total. The third-order valence-electron chi connectivity index (χ3n) is 2.76. The van der Waals surface area contributed by atoms with E-state index in [0.717, 1.165) is 0 Å². The van der Waals surface area contributed by atoms with Crippen molar-refractivity contribution in [3.05, 3.63) is 20.2 Å². The molecule has 1 aliphatic rings. The molecule has 22 heavy (non-hydrogen) atoms. The van der Waals surface area contributed by atoms with Crippen molar-refractivity contribution < 1.29 is 52.7 Å². The Labute approximate surface area is 117 Å². The molecule has 0 aromatic heterocycles. The third kappa shape index (κ3) is 2.56. The van der Waals surface area contributed by atoms with Gasteiger partial charge in [0.05, 0.1) is 0 Å². The Balaban J connectivity index is 4.44. The summed E-state index contributed by atoms with van der Waals surface area (Å²) in [6.07, 6.45) is -0.0343. The molecule has 0 saturated heterocycles. The molecule has 0 unspecified atom stereocenters. The van der Waals surface area contributed by atoms with Gasteiger partial charge >= 0.3 is 117 Å². The van der Waals surface area contributed by atoms with Gasteiger partial charge in [-0.2, -0.15) is 0 Å². The summed E-state index contributed by atoms with van der Waals surface area (Å²) in [5.41, 5.74) is 0. The molecule has 0 nitrogen and oxygen atoms in total. The number of alkyl halides is 12. The average Bonchev–Trinajstić information content (AvgIpc) is 2.22. The van der Waals surface area contributed by atoms with E-state index in [1.54, 1.807) is 0 Å². The van der Waals surface area contributed by atoms with E-state index >= 15 is 0 Å². The number of rotatable bonds is 0. The normalized spacial score (nSPS) is 22.0. The number of allylic oxidation sites excluding steroid dienone is 2. The second-order valence-electron chi connectivity index (χ2n) is 3.93. The predicted molar refractivity (Wildman–Crippen MR) is 54.0 cm³/mol. The zero-order chi connectivity index (χ0) is 17.8. The second-order valence-corrected chi connectivity index (χ2v) is 43.4. The molecule has 0 aliphatic carbocycles. The quantitative estimate of drug-likeness (QED) is 0.295. The average molecular weight is 572 g/mol. The summed E-state index contributed by atoms with van der Waals surface area (Å²) in [5, 5.41) is 0. The third-order valence-corrected chi connectivity index (χ3v) is 59.4. The van der Waals surface area contributed by atoms with Gasteiger partial charge in [0.1, 0.15) is 0 Å². The van der Waals surface area contributed by atoms with Crippen LogP contribution in [0.15, 0.2) is 20.2 Å². The van der Waals surface area contributed by atoms with Crippen LogP contribution in [0.2, 0.25) is 0 Å². The van der Waals surface area contributed by atoms with E-state index in [4.69, 9.17) is 0 Å². The van der Waals surface area contributed by atoms with Crippen LogP contribution in [0, 0.1) is 0 Å². The zero-order valence-electron chi connectivity index (χ0n) is 9.74. The monoisotopic (exact) mass is 570 g/mol. The molecule has 0 saturated carbocycles. The Morgan fingerprint density at radius 2 is 0.591 bits per heavy atom. The van der Waals surface area contributed by atoms with Crippen LogP contribution in [0.4, 0.5) is 52.7 Å². The number of halogens is 12. The van der Waals surface area contributed by atoms with Gasteiger partial charge in [0, 0.05) is 0 Å². The van der Waals surface area contributed by atoms with Crippen molar-refractivity contribution in [3.63, 3.8) is 0 Å². The van der Waals surface area contributed by atoms with E-state index in [1.165, 1.54) is 0 Å². The topological polar surface area (TPSA) is 0 Å². The van der Waals surface area contributed by atoms with Crippen molar-refractivity contribution in [2.24, 2.45) is 0 Å². The molecule has 14 heteroatoms. The molecule has 0 aromatic carbocycles. The molecule has 1 aliphatic heterocycles. The summed E-state index contributed by atoms with van der Waals surface area (Å²) in [5.74, 6) is 0. The van der Waals surface area contributed by atoms with Crippen molar-refractivity contribution in [3.8, 4) is 0 Å². The van der Waals surface area contributed by atoms with Crippen molar-refractivity contribution >= 4 is 28.1 Å². The SMILES string of the molecule is F[C](F)(F)[Sb]1([C](F)(F)F)=[Sb]([C](F)(F)F)([C](F)(F)F)[CH]=CC=[CH]1. The molecule has 0 amide bonds. The first-order chi connectivity index (χ1) is 9.46.